The highest BCUT2D eigenvalue weighted by molar-refractivity contribution is 5.94. The number of rotatable bonds is 2. The van der Waals surface area contributed by atoms with Gasteiger partial charge in [0.1, 0.15) is 12.4 Å². The maximum absolute atomic E-state index is 13.1. The average Bonchev–Trinajstić information content (AvgIpc) is 2.86. The van der Waals surface area contributed by atoms with Gasteiger partial charge in [-0.05, 0) is 49.7 Å². The fraction of sp³-hybridized carbons (Fsp3) is 0.227. The molecule has 27 heavy (non-hydrogen) atoms. The van der Waals surface area contributed by atoms with E-state index in [1.807, 2.05) is 55.3 Å². The standard InChI is InChI=1S/C22H21N3O2/c1-15-10-18(7-9-24-15)22(26)25-13-20-11-17(19-4-3-8-23-12-19)5-6-21(20)27-14-16(25)2/h3-12,16H,13-14H2,1-2H3. The van der Waals surface area contributed by atoms with Gasteiger partial charge < -0.3 is 9.64 Å². The molecule has 1 unspecified atom stereocenters. The van der Waals surface area contributed by atoms with E-state index in [4.69, 9.17) is 4.74 Å². The van der Waals surface area contributed by atoms with Crippen molar-refractivity contribution in [3.05, 3.63) is 77.9 Å². The van der Waals surface area contributed by atoms with Crippen LogP contribution >= 0.6 is 0 Å². The van der Waals surface area contributed by atoms with Crippen LogP contribution in [0.5, 0.6) is 5.75 Å². The second-order valence-corrected chi connectivity index (χ2v) is 6.84. The van der Waals surface area contributed by atoms with E-state index < -0.39 is 0 Å². The van der Waals surface area contributed by atoms with Gasteiger partial charge in [-0.3, -0.25) is 14.8 Å². The van der Waals surface area contributed by atoms with Crippen LogP contribution in [0.3, 0.4) is 0 Å². The molecule has 0 bridgehead atoms. The van der Waals surface area contributed by atoms with E-state index in [1.165, 1.54) is 0 Å². The van der Waals surface area contributed by atoms with Crippen molar-refractivity contribution < 1.29 is 9.53 Å². The molecule has 0 fully saturated rings. The first-order valence-electron chi connectivity index (χ1n) is 9.01. The second kappa shape index (κ2) is 7.19. The van der Waals surface area contributed by atoms with E-state index in [1.54, 1.807) is 18.5 Å². The van der Waals surface area contributed by atoms with E-state index in [0.29, 0.717) is 18.7 Å². The number of nitrogens with zero attached hydrogens (tertiary/aromatic N) is 3. The zero-order valence-corrected chi connectivity index (χ0v) is 15.4. The van der Waals surface area contributed by atoms with E-state index in [-0.39, 0.29) is 11.9 Å². The van der Waals surface area contributed by atoms with Crippen LogP contribution in [0.15, 0.2) is 61.1 Å². The lowest BCUT2D eigenvalue weighted by atomic mass is 10.0. The Morgan fingerprint density at radius 3 is 2.81 bits per heavy atom. The van der Waals surface area contributed by atoms with Gasteiger partial charge in [0.15, 0.2) is 0 Å². The third kappa shape index (κ3) is 3.53. The zero-order valence-electron chi connectivity index (χ0n) is 15.4. The lowest BCUT2D eigenvalue weighted by molar-refractivity contribution is 0.0645. The Balaban J connectivity index is 1.68. The lowest BCUT2D eigenvalue weighted by Crippen LogP contribution is -2.39. The van der Waals surface area contributed by atoms with Gasteiger partial charge in [-0.2, -0.15) is 0 Å². The van der Waals surface area contributed by atoms with Gasteiger partial charge in [-0.15, -0.1) is 0 Å². The molecule has 5 nitrogen and oxygen atoms in total. The maximum atomic E-state index is 13.1. The van der Waals surface area contributed by atoms with Crippen molar-refractivity contribution >= 4 is 5.91 Å². The fourth-order valence-corrected chi connectivity index (χ4v) is 3.31. The lowest BCUT2D eigenvalue weighted by Gasteiger charge is -2.26. The van der Waals surface area contributed by atoms with Crippen molar-refractivity contribution in [3.63, 3.8) is 0 Å². The molecule has 0 saturated carbocycles. The number of benzene rings is 1. The monoisotopic (exact) mass is 359 g/mol. The van der Waals surface area contributed by atoms with E-state index in [0.717, 1.165) is 28.1 Å². The second-order valence-electron chi connectivity index (χ2n) is 6.84. The van der Waals surface area contributed by atoms with Gasteiger partial charge in [0, 0.05) is 41.0 Å². The van der Waals surface area contributed by atoms with Crippen molar-refractivity contribution in [1.29, 1.82) is 0 Å². The highest BCUT2D eigenvalue weighted by Crippen LogP contribution is 2.30. The van der Waals surface area contributed by atoms with E-state index >= 15 is 0 Å². The van der Waals surface area contributed by atoms with Crippen LogP contribution in [-0.2, 0) is 6.54 Å². The Morgan fingerprint density at radius 1 is 1.15 bits per heavy atom. The Bertz CT molecular complexity index is 972. The third-order valence-electron chi connectivity index (χ3n) is 4.81. The predicted octanol–water partition coefficient (Wildman–Crippen LogP) is 3.88. The minimum atomic E-state index is -0.0276. The van der Waals surface area contributed by atoms with Crippen molar-refractivity contribution in [2.75, 3.05) is 6.61 Å². The smallest absolute Gasteiger partial charge is 0.254 e. The van der Waals surface area contributed by atoms with Crippen LogP contribution in [0.2, 0.25) is 0 Å². The first-order valence-corrected chi connectivity index (χ1v) is 9.01. The van der Waals surface area contributed by atoms with E-state index in [9.17, 15) is 4.79 Å². The van der Waals surface area contributed by atoms with Crippen LogP contribution in [0.4, 0.5) is 0 Å². The summed E-state index contributed by atoms with van der Waals surface area (Å²) in [6.45, 7) is 4.88. The van der Waals surface area contributed by atoms with Crippen LogP contribution in [0.25, 0.3) is 11.1 Å². The highest BCUT2D eigenvalue weighted by atomic mass is 16.5. The molecule has 5 heteroatoms. The number of aromatic nitrogens is 2. The SMILES string of the molecule is Cc1cc(C(=O)N2Cc3cc(-c4cccnc4)ccc3OCC2C)ccn1. The number of hydrogen-bond donors (Lipinski definition) is 0. The molecule has 0 radical (unpaired) electrons. The molecule has 1 aliphatic rings. The number of amides is 1. The predicted molar refractivity (Wildman–Crippen MR) is 103 cm³/mol. The largest absolute Gasteiger partial charge is 0.491 e. The average molecular weight is 359 g/mol. The summed E-state index contributed by atoms with van der Waals surface area (Å²) in [5.41, 5.74) is 4.59. The summed E-state index contributed by atoms with van der Waals surface area (Å²) in [7, 11) is 0. The summed E-state index contributed by atoms with van der Waals surface area (Å²) in [4.78, 5) is 23.4. The maximum Gasteiger partial charge on any atom is 0.254 e. The quantitative estimate of drug-likeness (QED) is 0.697. The van der Waals surface area contributed by atoms with Crippen LogP contribution in [0.1, 0.15) is 28.5 Å². The molecule has 1 aliphatic heterocycles. The van der Waals surface area contributed by atoms with Crippen molar-refractivity contribution in [2.24, 2.45) is 0 Å². The van der Waals surface area contributed by atoms with Crippen LogP contribution in [-0.4, -0.2) is 33.4 Å². The summed E-state index contributed by atoms with van der Waals surface area (Å²) < 4.78 is 5.97. The third-order valence-corrected chi connectivity index (χ3v) is 4.81. The molecule has 0 saturated heterocycles. The van der Waals surface area contributed by atoms with Gasteiger partial charge in [0.25, 0.3) is 5.91 Å². The summed E-state index contributed by atoms with van der Waals surface area (Å²) in [6.07, 6.45) is 5.27. The summed E-state index contributed by atoms with van der Waals surface area (Å²) in [6, 6.07) is 13.6. The van der Waals surface area contributed by atoms with Crippen molar-refractivity contribution in [3.8, 4) is 16.9 Å². The molecular weight excluding hydrogens is 338 g/mol. The highest BCUT2D eigenvalue weighted by Gasteiger charge is 2.27. The van der Waals surface area contributed by atoms with Crippen LogP contribution in [0, 0.1) is 6.92 Å². The van der Waals surface area contributed by atoms with Crippen LogP contribution < -0.4 is 4.74 Å². The number of carbonyl (C=O) groups is 1. The topological polar surface area (TPSA) is 55.3 Å². The fourth-order valence-electron chi connectivity index (χ4n) is 3.31. The minimum Gasteiger partial charge on any atom is -0.491 e. The Kier molecular flexibility index (Phi) is 4.59. The Hall–Kier alpha value is -3.21. The first kappa shape index (κ1) is 17.2. The van der Waals surface area contributed by atoms with Crippen molar-refractivity contribution in [2.45, 2.75) is 26.4 Å². The molecule has 0 spiro atoms. The Labute approximate surface area is 158 Å². The summed E-state index contributed by atoms with van der Waals surface area (Å²) in [5.74, 6) is 0.826. The summed E-state index contributed by atoms with van der Waals surface area (Å²) >= 11 is 0. The molecule has 0 N–H and O–H groups in total. The molecule has 4 rings (SSSR count). The molecule has 136 valence electrons. The molecule has 1 amide bonds. The van der Waals surface area contributed by atoms with Gasteiger partial charge in [0.05, 0.1) is 12.6 Å². The minimum absolute atomic E-state index is 0.00349. The Morgan fingerprint density at radius 2 is 2.04 bits per heavy atom. The number of hydrogen-bond acceptors (Lipinski definition) is 4. The molecule has 1 aromatic carbocycles. The van der Waals surface area contributed by atoms with Gasteiger partial charge in [0.2, 0.25) is 0 Å². The molecule has 1 atom stereocenters. The molecule has 0 aliphatic carbocycles. The first-order chi connectivity index (χ1) is 13.1. The van der Waals surface area contributed by atoms with Gasteiger partial charge >= 0.3 is 0 Å². The normalized spacial score (nSPS) is 16.2. The molecular formula is C22H21N3O2. The summed E-state index contributed by atoms with van der Waals surface area (Å²) in [5, 5.41) is 0. The molecule has 2 aromatic heterocycles. The number of aryl methyl sites for hydroxylation is 1. The molecule has 3 heterocycles. The molecule has 3 aromatic rings. The number of pyridine rings is 2. The van der Waals surface area contributed by atoms with Gasteiger partial charge in [-0.25, -0.2) is 0 Å². The van der Waals surface area contributed by atoms with E-state index in [2.05, 4.69) is 16.0 Å². The zero-order chi connectivity index (χ0) is 18.8. The number of ether oxygens (including phenoxy) is 1. The number of fused-ring (bicyclic) bond motifs is 1. The van der Waals surface area contributed by atoms with Crippen molar-refractivity contribution in [1.82, 2.24) is 14.9 Å². The van der Waals surface area contributed by atoms with Gasteiger partial charge in [-0.1, -0.05) is 12.1 Å². The number of carbonyl (C=O) groups excluding carboxylic acids is 1.